The molecular weight excluding hydrogens is 227 g/mol. The van der Waals surface area contributed by atoms with Crippen molar-refractivity contribution in [3.05, 3.63) is 35.6 Å². The van der Waals surface area contributed by atoms with Crippen LogP contribution in [0.2, 0.25) is 0 Å². The molecule has 1 aromatic carbocycles. The third kappa shape index (κ3) is 3.79. The number of piperazine rings is 1. The zero-order chi connectivity index (χ0) is 13.2. The minimum absolute atomic E-state index is 0.166. The van der Waals surface area contributed by atoms with E-state index in [4.69, 9.17) is 0 Å². The first-order valence-corrected chi connectivity index (χ1v) is 6.65. The van der Waals surface area contributed by atoms with E-state index in [1.807, 2.05) is 12.1 Å². The van der Waals surface area contributed by atoms with E-state index < -0.39 is 0 Å². The molecule has 0 bridgehead atoms. The van der Waals surface area contributed by atoms with Crippen molar-refractivity contribution >= 4 is 0 Å². The lowest BCUT2D eigenvalue weighted by molar-refractivity contribution is 0.147. The summed E-state index contributed by atoms with van der Waals surface area (Å²) in [6, 6.07) is 7.17. The summed E-state index contributed by atoms with van der Waals surface area (Å²) in [6.07, 6.45) is 0. The summed E-state index contributed by atoms with van der Waals surface area (Å²) in [5.41, 5.74) is 1.50. The van der Waals surface area contributed by atoms with Gasteiger partial charge in [0.2, 0.25) is 0 Å². The van der Waals surface area contributed by atoms with E-state index in [0.717, 1.165) is 26.2 Å². The predicted octanol–water partition coefficient (Wildman–Crippen LogP) is 2.82. The number of hydrogen-bond donors (Lipinski definition) is 1. The molecule has 1 fully saturated rings. The van der Waals surface area contributed by atoms with Crippen LogP contribution in [-0.2, 0) is 0 Å². The van der Waals surface area contributed by atoms with Crippen LogP contribution < -0.4 is 5.32 Å². The first-order valence-electron chi connectivity index (χ1n) is 6.65. The van der Waals surface area contributed by atoms with Crippen molar-refractivity contribution in [2.75, 3.05) is 26.2 Å². The van der Waals surface area contributed by atoms with Crippen molar-refractivity contribution in [1.82, 2.24) is 10.2 Å². The molecule has 1 N–H and O–H groups in total. The van der Waals surface area contributed by atoms with Crippen molar-refractivity contribution in [3.8, 4) is 0 Å². The molecule has 1 aliphatic heterocycles. The third-order valence-electron chi connectivity index (χ3n) is 3.23. The monoisotopic (exact) mass is 250 g/mol. The number of nitrogens with one attached hydrogen (secondary N) is 1. The molecule has 18 heavy (non-hydrogen) atoms. The molecule has 2 rings (SSSR count). The van der Waals surface area contributed by atoms with Crippen LogP contribution in [0.4, 0.5) is 4.39 Å². The molecule has 0 aromatic heterocycles. The Kier molecular flexibility index (Phi) is 4.03. The van der Waals surface area contributed by atoms with E-state index >= 15 is 0 Å². The maximum Gasteiger partial charge on any atom is 0.123 e. The third-order valence-corrected chi connectivity index (χ3v) is 3.23. The summed E-state index contributed by atoms with van der Waals surface area (Å²) in [6.45, 7) is 11.0. The van der Waals surface area contributed by atoms with Gasteiger partial charge in [-0.2, -0.15) is 0 Å². The molecule has 2 nitrogen and oxygen atoms in total. The molecule has 1 atom stereocenters. The fourth-order valence-electron chi connectivity index (χ4n) is 2.54. The lowest BCUT2D eigenvalue weighted by atomic mass is 9.94. The second-order valence-corrected chi connectivity index (χ2v) is 6.35. The van der Waals surface area contributed by atoms with Gasteiger partial charge in [0.15, 0.2) is 0 Å². The van der Waals surface area contributed by atoms with Gasteiger partial charge in [-0.3, -0.25) is 4.90 Å². The Morgan fingerprint density at radius 3 is 2.56 bits per heavy atom. The lowest BCUT2D eigenvalue weighted by Gasteiger charge is -2.37. The molecule has 0 saturated carbocycles. The summed E-state index contributed by atoms with van der Waals surface area (Å²) in [5, 5.41) is 3.51. The fraction of sp³-hybridized carbons (Fsp3) is 0.600. The van der Waals surface area contributed by atoms with Gasteiger partial charge in [-0.15, -0.1) is 0 Å². The van der Waals surface area contributed by atoms with Crippen molar-refractivity contribution < 1.29 is 4.39 Å². The van der Waals surface area contributed by atoms with E-state index in [9.17, 15) is 4.39 Å². The first-order chi connectivity index (χ1) is 8.44. The van der Waals surface area contributed by atoms with E-state index in [2.05, 4.69) is 31.0 Å². The highest BCUT2D eigenvalue weighted by Gasteiger charge is 2.24. The van der Waals surface area contributed by atoms with Gasteiger partial charge in [0.25, 0.3) is 0 Å². The minimum Gasteiger partial charge on any atom is -0.308 e. The molecule has 0 amide bonds. The number of rotatable bonds is 2. The maximum atomic E-state index is 12.9. The SMILES string of the molecule is CC(C)(C)CN1CCNC(c2ccc(F)cc2)C1. The largest absolute Gasteiger partial charge is 0.308 e. The van der Waals surface area contributed by atoms with Crippen molar-refractivity contribution in [2.45, 2.75) is 26.8 Å². The number of nitrogens with zero attached hydrogens (tertiary/aromatic N) is 1. The molecular formula is C15H23FN2. The fourth-order valence-corrected chi connectivity index (χ4v) is 2.54. The van der Waals surface area contributed by atoms with Gasteiger partial charge in [0.1, 0.15) is 5.82 Å². The van der Waals surface area contributed by atoms with Crippen LogP contribution >= 0.6 is 0 Å². The first kappa shape index (κ1) is 13.5. The number of benzene rings is 1. The smallest absolute Gasteiger partial charge is 0.123 e. The van der Waals surface area contributed by atoms with Crippen LogP contribution in [0.5, 0.6) is 0 Å². The Balaban J connectivity index is 2.00. The van der Waals surface area contributed by atoms with Gasteiger partial charge in [-0.05, 0) is 23.1 Å². The second-order valence-electron chi connectivity index (χ2n) is 6.35. The number of halogens is 1. The highest BCUT2D eigenvalue weighted by molar-refractivity contribution is 5.20. The van der Waals surface area contributed by atoms with E-state index in [1.165, 1.54) is 5.56 Å². The summed E-state index contributed by atoms with van der Waals surface area (Å²) in [4.78, 5) is 2.49. The normalized spacial score (nSPS) is 22.1. The zero-order valence-electron chi connectivity index (χ0n) is 11.5. The molecule has 3 heteroatoms. The van der Waals surface area contributed by atoms with Crippen LogP contribution in [-0.4, -0.2) is 31.1 Å². The van der Waals surface area contributed by atoms with Gasteiger partial charge in [0, 0.05) is 32.2 Å². The Bertz CT molecular complexity index is 380. The second kappa shape index (κ2) is 5.37. The van der Waals surface area contributed by atoms with Gasteiger partial charge in [0.05, 0.1) is 0 Å². The van der Waals surface area contributed by atoms with Crippen LogP contribution in [0.3, 0.4) is 0 Å². The average Bonchev–Trinajstić information content (AvgIpc) is 2.28. The van der Waals surface area contributed by atoms with E-state index in [-0.39, 0.29) is 5.82 Å². The van der Waals surface area contributed by atoms with Gasteiger partial charge in [-0.1, -0.05) is 32.9 Å². The highest BCUT2D eigenvalue weighted by Crippen LogP contribution is 2.21. The predicted molar refractivity (Wildman–Crippen MR) is 73.0 cm³/mol. The molecule has 100 valence electrons. The van der Waals surface area contributed by atoms with Crippen LogP contribution in [0, 0.1) is 11.2 Å². The summed E-state index contributed by atoms with van der Waals surface area (Å²) >= 11 is 0. The van der Waals surface area contributed by atoms with E-state index in [0.29, 0.717) is 11.5 Å². The summed E-state index contributed by atoms with van der Waals surface area (Å²) in [5.74, 6) is -0.166. The van der Waals surface area contributed by atoms with Crippen LogP contribution in [0.15, 0.2) is 24.3 Å². The molecule has 0 radical (unpaired) electrons. The molecule has 1 aromatic rings. The summed E-state index contributed by atoms with van der Waals surface area (Å²) < 4.78 is 12.9. The standard InChI is InChI=1S/C15H23FN2/c1-15(2,3)11-18-9-8-17-14(10-18)12-4-6-13(16)7-5-12/h4-7,14,17H,8-11H2,1-3H3. The van der Waals surface area contributed by atoms with Crippen LogP contribution in [0.1, 0.15) is 32.4 Å². The van der Waals surface area contributed by atoms with Gasteiger partial charge < -0.3 is 5.32 Å². The van der Waals surface area contributed by atoms with Crippen molar-refractivity contribution in [1.29, 1.82) is 0 Å². The molecule has 1 heterocycles. The molecule has 0 spiro atoms. The average molecular weight is 250 g/mol. The Morgan fingerprint density at radius 2 is 1.94 bits per heavy atom. The Hall–Kier alpha value is -0.930. The molecule has 1 unspecified atom stereocenters. The van der Waals surface area contributed by atoms with Crippen molar-refractivity contribution in [2.24, 2.45) is 5.41 Å². The quantitative estimate of drug-likeness (QED) is 0.868. The topological polar surface area (TPSA) is 15.3 Å². The highest BCUT2D eigenvalue weighted by atomic mass is 19.1. The molecule has 0 aliphatic carbocycles. The number of hydrogen-bond acceptors (Lipinski definition) is 2. The maximum absolute atomic E-state index is 12.9. The van der Waals surface area contributed by atoms with Crippen molar-refractivity contribution in [3.63, 3.8) is 0 Å². The van der Waals surface area contributed by atoms with Gasteiger partial charge in [-0.25, -0.2) is 4.39 Å². The molecule has 1 saturated heterocycles. The Morgan fingerprint density at radius 1 is 1.28 bits per heavy atom. The van der Waals surface area contributed by atoms with Gasteiger partial charge >= 0.3 is 0 Å². The zero-order valence-corrected chi connectivity index (χ0v) is 11.5. The van der Waals surface area contributed by atoms with E-state index in [1.54, 1.807) is 12.1 Å². The summed E-state index contributed by atoms with van der Waals surface area (Å²) in [7, 11) is 0. The Labute approximate surface area is 109 Å². The molecule has 1 aliphatic rings. The minimum atomic E-state index is -0.166. The lowest BCUT2D eigenvalue weighted by Crippen LogP contribution is -2.48. The van der Waals surface area contributed by atoms with Crippen LogP contribution in [0.25, 0.3) is 0 Å².